The molecule has 4 nitrogen and oxygen atoms in total. The van der Waals surface area contributed by atoms with Gasteiger partial charge in [-0.3, -0.25) is 4.79 Å². The van der Waals surface area contributed by atoms with Crippen molar-refractivity contribution in [3.8, 4) is 0 Å². The van der Waals surface area contributed by atoms with Crippen molar-refractivity contribution in [2.24, 2.45) is 5.92 Å². The van der Waals surface area contributed by atoms with Crippen LogP contribution in [0.4, 0.5) is 0 Å². The molecule has 0 aliphatic rings. The number of carbonyl (C=O) groups is 1. The van der Waals surface area contributed by atoms with Crippen molar-refractivity contribution in [2.45, 2.75) is 52.1 Å². The highest BCUT2D eigenvalue weighted by molar-refractivity contribution is 5.78. The van der Waals surface area contributed by atoms with E-state index < -0.39 is 0 Å². The molecule has 0 heterocycles. The van der Waals surface area contributed by atoms with Crippen LogP contribution in [0.5, 0.6) is 0 Å². The van der Waals surface area contributed by atoms with Crippen molar-refractivity contribution in [2.75, 3.05) is 13.2 Å². The lowest BCUT2D eigenvalue weighted by atomic mass is 9.94. The SMILES string of the molecule is CCCC[C@@H](CC[C@H](C)O)C(=O)NCCO. The quantitative estimate of drug-likeness (QED) is 0.556. The van der Waals surface area contributed by atoms with Crippen molar-refractivity contribution in [3.05, 3.63) is 0 Å². The van der Waals surface area contributed by atoms with Gasteiger partial charge in [0.1, 0.15) is 0 Å². The summed E-state index contributed by atoms with van der Waals surface area (Å²) in [4.78, 5) is 11.7. The first kappa shape index (κ1) is 15.4. The van der Waals surface area contributed by atoms with Crippen molar-refractivity contribution >= 4 is 5.91 Å². The molecule has 0 fully saturated rings. The number of rotatable bonds is 9. The van der Waals surface area contributed by atoms with E-state index in [1.165, 1.54) is 0 Å². The molecule has 0 aromatic carbocycles. The molecule has 0 aromatic rings. The van der Waals surface area contributed by atoms with Gasteiger partial charge in [-0.2, -0.15) is 0 Å². The fourth-order valence-corrected chi connectivity index (χ4v) is 1.62. The molecule has 96 valence electrons. The Bertz CT molecular complexity index is 183. The average Bonchev–Trinajstić information content (AvgIpc) is 2.25. The van der Waals surface area contributed by atoms with E-state index in [-0.39, 0.29) is 24.5 Å². The van der Waals surface area contributed by atoms with E-state index in [1.54, 1.807) is 6.92 Å². The number of aliphatic hydroxyl groups excluding tert-OH is 2. The Morgan fingerprint density at radius 3 is 2.50 bits per heavy atom. The molecule has 2 atom stereocenters. The predicted molar refractivity (Wildman–Crippen MR) is 64.0 cm³/mol. The van der Waals surface area contributed by atoms with Crippen LogP contribution in [-0.4, -0.2) is 35.4 Å². The number of nitrogens with one attached hydrogen (secondary N) is 1. The van der Waals surface area contributed by atoms with Crippen molar-refractivity contribution in [1.82, 2.24) is 5.32 Å². The third kappa shape index (κ3) is 7.65. The van der Waals surface area contributed by atoms with Crippen LogP contribution in [0.25, 0.3) is 0 Å². The van der Waals surface area contributed by atoms with Crippen molar-refractivity contribution < 1.29 is 15.0 Å². The summed E-state index contributed by atoms with van der Waals surface area (Å²) in [6.45, 7) is 4.12. The van der Waals surface area contributed by atoms with Gasteiger partial charge in [-0.25, -0.2) is 0 Å². The van der Waals surface area contributed by atoms with Crippen LogP contribution in [0, 0.1) is 5.92 Å². The summed E-state index contributed by atoms with van der Waals surface area (Å²) in [5.41, 5.74) is 0. The predicted octanol–water partition coefficient (Wildman–Crippen LogP) is 1.06. The fraction of sp³-hybridized carbons (Fsp3) is 0.917. The zero-order valence-electron chi connectivity index (χ0n) is 10.4. The molecule has 16 heavy (non-hydrogen) atoms. The minimum Gasteiger partial charge on any atom is -0.395 e. The Hall–Kier alpha value is -0.610. The second-order valence-electron chi connectivity index (χ2n) is 4.28. The van der Waals surface area contributed by atoms with Crippen LogP contribution >= 0.6 is 0 Å². The summed E-state index contributed by atoms with van der Waals surface area (Å²) in [5, 5.41) is 20.5. The lowest BCUT2D eigenvalue weighted by molar-refractivity contribution is -0.125. The minimum atomic E-state index is -0.352. The van der Waals surface area contributed by atoms with Gasteiger partial charge in [0, 0.05) is 12.5 Å². The van der Waals surface area contributed by atoms with Crippen LogP contribution in [-0.2, 0) is 4.79 Å². The van der Waals surface area contributed by atoms with Crippen LogP contribution in [0.15, 0.2) is 0 Å². The van der Waals surface area contributed by atoms with E-state index in [4.69, 9.17) is 5.11 Å². The number of hydrogen-bond donors (Lipinski definition) is 3. The largest absolute Gasteiger partial charge is 0.395 e. The van der Waals surface area contributed by atoms with Gasteiger partial charge in [0.2, 0.25) is 5.91 Å². The first-order valence-electron chi connectivity index (χ1n) is 6.18. The molecule has 4 heteroatoms. The van der Waals surface area contributed by atoms with Gasteiger partial charge in [0.15, 0.2) is 0 Å². The first-order chi connectivity index (χ1) is 7.61. The molecule has 0 unspecified atom stereocenters. The molecule has 0 rings (SSSR count). The molecule has 0 aliphatic heterocycles. The Balaban J connectivity index is 4.01. The van der Waals surface area contributed by atoms with Crippen LogP contribution in [0.3, 0.4) is 0 Å². The Labute approximate surface area is 98.1 Å². The van der Waals surface area contributed by atoms with E-state index in [0.717, 1.165) is 25.7 Å². The number of carbonyl (C=O) groups excluding carboxylic acids is 1. The minimum absolute atomic E-state index is 0.00292. The van der Waals surface area contributed by atoms with Crippen LogP contribution in [0.1, 0.15) is 46.0 Å². The number of aliphatic hydroxyl groups is 2. The maximum atomic E-state index is 11.7. The molecule has 0 bridgehead atoms. The monoisotopic (exact) mass is 231 g/mol. The molecule has 0 aromatic heterocycles. The van der Waals surface area contributed by atoms with E-state index in [0.29, 0.717) is 13.0 Å². The highest BCUT2D eigenvalue weighted by atomic mass is 16.3. The zero-order valence-corrected chi connectivity index (χ0v) is 10.4. The summed E-state index contributed by atoms with van der Waals surface area (Å²) >= 11 is 0. The molecular weight excluding hydrogens is 206 g/mol. The lowest BCUT2D eigenvalue weighted by Gasteiger charge is -2.16. The summed E-state index contributed by atoms with van der Waals surface area (Å²) in [6.07, 6.45) is 3.97. The third-order valence-corrected chi connectivity index (χ3v) is 2.62. The van der Waals surface area contributed by atoms with E-state index in [2.05, 4.69) is 12.2 Å². The van der Waals surface area contributed by atoms with Gasteiger partial charge >= 0.3 is 0 Å². The first-order valence-corrected chi connectivity index (χ1v) is 6.18. The molecule has 0 radical (unpaired) electrons. The number of hydrogen-bond acceptors (Lipinski definition) is 3. The average molecular weight is 231 g/mol. The normalized spacial score (nSPS) is 14.5. The lowest BCUT2D eigenvalue weighted by Crippen LogP contribution is -2.33. The molecule has 0 saturated heterocycles. The summed E-state index contributed by atoms with van der Waals surface area (Å²) in [6, 6.07) is 0. The highest BCUT2D eigenvalue weighted by Crippen LogP contribution is 2.16. The standard InChI is InChI=1S/C12H25NO3/c1-3-4-5-11(7-6-10(2)15)12(16)13-8-9-14/h10-11,14-15H,3-9H2,1-2H3,(H,13,16)/t10-,11-/m0/s1. The Morgan fingerprint density at radius 1 is 1.31 bits per heavy atom. The Kier molecular flexibility index (Phi) is 9.24. The maximum absolute atomic E-state index is 11.7. The number of unbranched alkanes of at least 4 members (excludes halogenated alkanes) is 1. The molecule has 3 N–H and O–H groups in total. The van der Waals surface area contributed by atoms with Gasteiger partial charge in [0.25, 0.3) is 0 Å². The third-order valence-electron chi connectivity index (χ3n) is 2.62. The summed E-state index contributed by atoms with van der Waals surface area (Å²) < 4.78 is 0. The highest BCUT2D eigenvalue weighted by Gasteiger charge is 2.17. The molecule has 0 spiro atoms. The van der Waals surface area contributed by atoms with E-state index >= 15 is 0 Å². The van der Waals surface area contributed by atoms with E-state index in [1.807, 2.05) is 0 Å². The van der Waals surface area contributed by atoms with Crippen molar-refractivity contribution in [3.63, 3.8) is 0 Å². The van der Waals surface area contributed by atoms with Crippen LogP contribution < -0.4 is 5.32 Å². The second kappa shape index (κ2) is 9.60. The van der Waals surface area contributed by atoms with Gasteiger partial charge in [-0.15, -0.1) is 0 Å². The van der Waals surface area contributed by atoms with Gasteiger partial charge in [-0.1, -0.05) is 19.8 Å². The molecule has 0 aliphatic carbocycles. The Morgan fingerprint density at radius 2 is 2.00 bits per heavy atom. The zero-order chi connectivity index (χ0) is 12.4. The molecule has 1 amide bonds. The molecular formula is C12H25NO3. The second-order valence-corrected chi connectivity index (χ2v) is 4.28. The van der Waals surface area contributed by atoms with Gasteiger partial charge in [-0.05, 0) is 26.2 Å². The maximum Gasteiger partial charge on any atom is 0.223 e. The summed E-state index contributed by atoms with van der Waals surface area (Å²) in [5.74, 6) is -0.0238. The van der Waals surface area contributed by atoms with Crippen molar-refractivity contribution in [1.29, 1.82) is 0 Å². The topological polar surface area (TPSA) is 69.6 Å². The summed E-state index contributed by atoms with van der Waals surface area (Å²) in [7, 11) is 0. The smallest absolute Gasteiger partial charge is 0.223 e. The fourth-order valence-electron chi connectivity index (χ4n) is 1.62. The van der Waals surface area contributed by atoms with E-state index in [9.17, 15) is 9.90 Å². The molecule has 0 saturated carbocycles. The number of amides is 1. The van der Waals surface area contributed by atoms with Crippen LogP contribution in [0.2, 0.25) is 0 Å². The van der Waals surface area contributed by atoms with Gasteiger partial charge < -0.3 is 15.5 Å². The van der Waals surface area contributed by atoms with Gasteiger partial charge in [0.05, 0.1) is 12.7 Å².